The highest BCUT2D eigenvalue weighted by Gasteiger charge is 2.06. The zero-order valence-corrected chi connectivity index (χ0v) is 18.4. The van der Waals surface area contributed by atoms with E-state index in [1.807, 2.05) is 0 Å². The topological polar surface area (TPSA) is 208 Å². The Hall–Kier alpha value is -2.28. The smallest absolute Gasteiger partial charge is 0.305 e. The Labute approximate surface area is 187 Å². The van der Waals surface area contributed by atoms with Gasteiger partial charge in [-0.15, -0.1) is 0 Å². The first kappa shape index (κ1) is 34.3. The van der Waals surface area contributed by atoms with Gasteiger partial charge in [-0.2, -0.15) is 0 Å². The summed E-state index contributed by atoms with van der Waals surface area (Å²) < 4.78 is 9.95. The van der Waals surface area contributed by atoms with Gasteiger partial charge in [-0.05, 0) is 38.5 Å². The fourth-order valence-corrected chi connectivity index (χ4v) is 1.81. The molecular formula is C20H38O12. The Morgan fingerprint density at radius 1 is 0.469 bits per heavy atom. The largest absolute Gasteiger partial charge is 0.481 e. The second kappa shape index (κ2) is 28.7. The van der Waals surface area contributed by atoms with E-state index < -0.39 is 11.9 Å². The molecule has 0 bridgehead atoms. The number of carboxylic acids is 2. The highest BCUT2D eigenvalue weighted by molar-refractivity contribution is 5.70. The third kappa shape index (κ3) is 38.3. The van der Waals surface area contributed by atoms with Gasteiger partial charge in [-0.1, -0.05) is 0 Å². The predicted molar refractivity (Wildman–Crippen MR) is 112 cm³/mol. The predicted octanol–water partition coefficient (Wildman–Crippen LogP) is 0.0850. The molecule has 0 fully saturated rings. The number of aliphatic hydroxyl groups excluding tert-OH is 4. The molecular weight excluding hydrogens is 432 g/mol. The van der Waals surface area contributed by atoms with Gasteiger partial charge in [0, 0.05) is 25.7 Å². The molecule has 6 N–H and O–H groups in total. The minimum Gasteiger partial charge on any atom is -0.481 e. The van der Waals surface area contributed by atoms with Crippen molar-refractivity contribution in [2.75, 3.05) is 39.6 Å². The molecule has 0 radical (unpaired) electrons. The van der Waals surface area contributed by atoms with Crippen molar-refractivity contribution in [2.45, 2.75) is 64.2 Å². The number of ether oxygens (including phenoxy) is 2. The Morgan fingerprint density at radius 2 is 0.750 bits per heavy atom. The lowest BCUT2D eigenvalue weighted by atomic mass is 10.2. The third-order valence-corrected chi connectivity index (χ3v) is 3.31. The van der Waals surface area contributed by atoms with Crippen molar-refractivity contribution >= 4 is 23.9 Å². The molecule has 0 aromatic carbocycles. The maximum atomic E-state index is 11.3. The van der Waals surface area contributed by atoms with Crippen LogP contribution in [0.3, 0.4) is 0 Å². The molecule has 0 aromatic rings. The van der Waals surface area contributed by atoms with E-state index in [1.54, 1.807) is 0 Å². The SMILES string of the molecule is O=C(O)CCCCC(=O)OCCCCOC(=O)CCCCC(=O)O.OCCO.OCCO. The summed E-state index contributed by atoms with van der Waals surface area (Å²) in [5.41, 5.74) is 0. The lowest BCUT2D eigenvalue weighted by Crippen LogP contribution is -2.09. The third-order valence-electron chi connectivity index (χ3n) is 3.31. The Bertz CT molecular complexity index is 421. The molecule has 0 aliphatic rings. The van der Waals surface area contributed by atoms with Crippen molar-refractivity contribution in [3.63, 3.8) is 0 Å². The summed E-state index contributed by atoms with van der Waals surface area (Å²) in [6.07, 6.45) is 3.55. The zero-order chi connectivity index (χ0) is 25.0. The lowest BCUT2D eigenvalue weighted by molar-refractivity contribution is -0.146. The number of carbonyl (C=O) groups is 4. The maximum Gasteiger partial charge on any atom is 0.305 e. The van der Waals surface area contributed by atoms with Crippen LogP contribution in [0.25, 0.3) is 0 Å². The van der Waals surface area contributed by atoms with Crippen LogP contribution in [0.1, 0.15) is 64.2 Å². The standard InChI is InChI=1S/C16H26O8.2C2H6O2/c17-13(18)7-1-3-9-15(21)23-11-5-6-12-24-16(22)10-4-2-8-14(19)20;2*3-1-2-4/h1-12H2,(H,17,18)(H,19,20);2*3-4H,1-2H2. The van der Waals surface area contributed by atoms with E-state index in [2.05, 4.69) is 0 Å². The van der Waals surface area contributed by atoms with E-state index in [0.717, 1.165) is 0 Å². The summed E-state index contributed by atoms with van der Waals surface area (Å²) in [5.74, 6) is -2.45. The van der Waals surface area contributed by atoms with E-state index >= 15 is 0 Å². The molecule has 0 unspecified atom stereocenters. The van der Waals surface area contributed by atoms with E-state index in [9.17, 15) is 19.2 Å². The Kier molecular flexibility index (Phi) is 30.8. The second-order valence-electron chi connectivity index (χ2n) is 6.24. The molecule has 0 saturated heterocycles. The molecule has 0 aliphatic carbocycles. The summed E-state index contributed by atoms with van der Waals surface area (Å²) in [7, 11) is 0. The zero-order valence-electron chi connectivity index (χ0n) is 18.4. The average Bonchev–Trinajstić information content (AvgIpc) is 2.76. The molecule has 0 rings (SSSR count). The molecule has 0 aliphatic heterocycles. The fraction of sp³-hybridized carbons (Fsp3) is 0.800. The van der Waals surface area contributed by atoms with Crippen molar-refractivity contribution in [1.82, 2.24) is 0 Å². The molecule has 0 saturated carbocycles. The van der Waals surface area contributed by atoms with Crippen molar-refractivity contribution < 1.29 is 59.3 Å². The summed E-state index contributed by atoms with van der Waals surface area (Å²) in [5, 5.41) is 47.4. The molecule has 190 valence electrons. The molecule has 12 heteroatoms. The minimum atomic E-state index is -0.875. The normalized spacial score (nSPS) is 9.50. The summed E-state index contributed by atoms with van der Waals surface area (Å²) in [6, 6.07) is 0. The van der Waals surface area contributed by atoms with Crippen LogP contribution in [0, 0.1) is 0 Å². The summed E-state index contributed by atoms with van der Waals surface area (Å²) >= 11 is 0. The number of hydrogen-bond donors (Lipinski definition) is 6. The van der Waals surface area contributed by atoms with Crippen LogP contribution in [-0.2, 0) is 28.7 Å². The van der Waals surface area contributed by atoms with Crippen molar-refractivity contribution in [2.24, 2.45) is 0 Å². The van der Waals surface area contributed by atoms with Crippen LogP contribution in [0.2, 0.25) is 0 Å². The average molecular weight is 471 g/mol. The number of rotatable bonds is 17. The van der Waals surface area contributed by atoms with Crippen LogP contribution >= 0.6 is 0 Å². The van der Waals surface area contributed by atoms with E-state index in [4.69, 9.17) is 40.1 Å². The van der Waals surface area contributed by atoms with Gasteiger partial charge in [0.15, 0.2) is 0 Å². The van der Waals surface area contributed by atoms with E-state index in [1.165, 1.54) is 0 Å². The number of unbranched alkanes of at least 4 members (excludes halogenated alkanes) is 3. The molecule has 0 spiro atoms. The highest BCUT2D eigenvalue weighted by atomic mass is 16.5. The molecule has 0 atom stereocenters. The number of aliphatic carboxylic acids is 2. The number of aliphatic hydroxyl groups is 4. The molecule has 0 amide bonds. The monoisotopic (exact) mass is 470 g/mol. The van der Waals surface area contributed by atoms with Crippen LogP contribution < -0.4 is 0 Å². The van der Waals surface area contributed by atoms with Gasteiger partial charge in [0.25, 0.3) is 0 Å². The summed E-state index contributed by atoms with van der Waals surface area (Å²) in [6.45, 7) is -0.0121. The van der Waals surface area contributed by atoms with E-state index in [0.29, 0.717) is 38.5 Å². The number of carboxylic acid groups (broad SMARTS) is 2. The Balaban J connectivity index is -0.000000896. The van der Waals surface area contributed by atoms with Crippen LogP contribution in [-0.4, -0.2) is 94.2 Å². The van der Waals surface area contributed by atoms with Gasteiger partial charge in [0.2, 0.25) is 0 Å². The maximum absolute atomic E-state index is 11.3. The summed E-state index contributed by atoms with van der Waals surface area (Å²) in [4.78, 5) is 43.2. The number of carbonyl (C=O) groups excluding carboxylic acids is 2. The highest BCUT2D eigenvalue weighted by Crippen LogP contribution is 2.04. The second-order valence-corrected chi connectivity index (χ2v) is 6.24. The molecule has 0 heterocycles. The lowest BCUT2D eigenvalue weighted by Gasteiger charge is -2.06. The van der Waals surface area contributed by atoms with Crippen molar-refractivity contribution in [1.29, 1.82) is 0 Å². The fourth-order valence-electron chi connectivity index (χ4n) is 1.81. The first-order chi connectivity index (χ1) is 15.2. The first-order valence-electron chi connectivity index (χ1n) is 10.4. The van der Waals surface area contributed by atoms with Gasteiger partial charge in [-0.3, -0.25) is 19.2 Å². The first-order valence-corrected chi connectivity index (χ1v) is 10.4. The van der Waals surface area contributed by atoms with Gasteiger partial charge < -0.3 is 40.1 Å². The van der Waals surface area contributed by atoms with Crippen LogP contribution in [0.4, 0.5) is 0 Å². The van der Waals surface area contributed by atoms with Gasteiger partial charge in [-0.25, -0.2) is 0 Å². The molecule has 32 heavy (non-hydrogen) atoms. The quantitative estimate of drug-likeness (QED) is 0.123. The Morgan fingerprint density at radius 3 is 1.00 bits per heavy atom. The number of hydrogen-bond acceptors (Lipinski definition) is 10. The molecule has 0 aromatic heterocycles. The van der Waals surface area contributed by atoms with Crippen LogP contribution in [0.5, 0.6) is 0 Å². The van der Waals surface area contributed by atoms with Crippen molar-refractivity contribution in [3.05, 3.63) is 0 Å². The minimum absolute atomic E-state index is 0.0506. The van der Waals surface area contributed by atoms with Gasteiger partial charge >= 0.3 is 23.9 Å². The van der Waals surface area contributed by atoms with E-state index in [-0.39, 0.29) is 77.3 Å². The van der Waals surface area contributed by atoms with Gasteiger partial charge in [0.05, 0.1) is 39.6 Å². The van der Waals surface area contributed by atoms with Crippen LogP contribution in [0.15, 0.2) is 0 Å². The van der Waals surface area contributed by atoms with Crippen molar-refractivity contribution in [3.8, 4) is 0 Å². The molecule has 12 nitrogen and oxygen atoms in total. The van der Waals surface area contributed by atoms with Gasteiger partial charge in [0.1, 0.15) is 0 Å². The number of esters is 2.